The fourth-order valence-corrected chi connectivity index (χ4v) is 1.80. The minimum atomic E-state index is -0.337. The van der Waals surface area contributed by atoms with E-state index in [2.05, 4.69) is 5.32 Å². The van der Waals surface area contributed by atoms with Gasteiger partial charge in [0, 0.05) is 17.9 Å². The molecule has 16 heavy (non-hydrogen) atoms. The fourth-order valence-electron chi connectivity index (χ4n) is 1.06. The summed E-state index contributed by atoms with van der Waals surface area (Å²) in [6.07, 6.45) is 0.309. The van der Waals surface area contributed by atoms with E-state index in [4.69, 9.17) is 5.73 Å². The van der Waals surface area contributed by atoms with Gasteiger partial charge in [-0.3, -0.25) is 9.59 Å². The standard InChI is InChI=1S/C11H14N2O2S/c12-10(14)6-7-16-8-11(15)13-9-4-2-1-3-5-9/h1-5H,6-8H2,(H2,12,14)(H,13,15). The van der Waals surface area contributed by atoms with E-state index in [1.54, 1.807) is 0 Å². The molecule has 0 radical (unpaired) electrons. The summed E-state index contributed by atoms with van der Waals surface area (Å²) in [7, 11) is 0. The maximum absolute atomic E-state index is 11.4. The summed E-state index contributed by atoms with van der Waals surface area (Å²) in [6, 6.07) is 9.25. The average molecular weight is 238 g/mol. The zero-order valence-electron chi connectivity index (χ0n) is 8.81. The van der Waals surface area contributed by atoms with Crippen molar-refractivity contribution in [2.24, 2.45) is 5.73 Å². The first-order valence-corrected chi connectivity index (χ1v) is 6.05. The molecule has 0 aliphatic rings. The van der Waals surface area contributed by atoms with Crippen LogP contribution in [0.25, 0.3) is 0 Å². The number of thioether (sulfide) groups is 1. The maximum Gasteiger partial charge on any atom is 0.234 e. The predicted octanol–water partition coefficient (Wildman–Crippen LogP) is 1.23. The molecule has 1 rings (SSSR count). The lowest BCUT2D eigenvalue weighted by molar-refractivity contribution is -0.117. The Morgan fingerprint density at radius 1 is 1.25 bits per heavy atom. The van der Waals surface area contributed by atoms with Crippen LogP contribution in [0.4, 0.5) is 5.69 Å². The minimum absolute atomic E-state index is 0.0688. The number of para-hydroxylation sites is 1. The molecule has 0 spiro atoms. The van der Waals surface area contributed by atoms with Crippen LogP contribution in [0, 0.1) is 0 Å². The van der Waals surface area contributed by atoms with Crippen molar-refractivity contribution in [2.45, 2.75) is 6.42 Å². The first-order chi connectivity index (χ1) is 7.68. The Kier molecular flexibility index (Phi) is 5.42. The van der Waals surface area contributed by atoms with Gasteiger partial charge in [-0.15, -0.1) is 0 Å². The Morgan fingerprint density at radius 3 is 2.56 bits per heavy atom. The zero-order chi connectivity index (χ0) is 11.8. The van der Waals surface area contributed by atoms with Crippen molar-refractivity contribution >= 4 is 29.3 Å². The highest BCUT2D eigenvalue weighted by Gasteiger charge is 2.02. The second-order valence-electron chi connectivity index (χ2n) is 3.18. The molecule has 1 aromatic carbocycles. The van der Waals surface area contributed by atoms with Crippen LogP contribution >= 0.6 is 11.8 Å². The van der Waals surface area contributed by atoms with Gasteiger partial charge < -0.3 is 11.1 Å². The van der Waals surface area contributed by atoms with Gasteiger partial charge in [0.25, 0.3) is 0 Å². The minimum Gasteiger partial charge on any atom is -0.370 e. The SMILES string of the molecule is NC(=O)CCSCC(=O)Nc1ccccc1. The van der Waals surface area contributed by atoms with Crippen LogP contribution in [0.15, 0.2) is 30.3 Å². The maximum atomic E-state index is 11.4. The topological polar surface area (TPSA) is 72.2 Å². The molecule has 0 heterocycles. The van der Waals surface area contributed by atoms with Gasteiger partial charge in [-0.25, -0.2) is 0 Å². The molecule has 1 aromatic rings. The van der Waals surface area contributed by atoms with Crippen LogP contribution in [0.5, 0.6) is 0 Å². The molecule has 4 nitrogen and oxygen atoms in total. The van der Waals surface area contributed by atoms with E-state index in [0.717, 1.165) is 5.69 Å². The van der Waals surface area contributed by atoms with E-state index < -0.39 is 0 Å². The van der Waals surface area contributed by atoms with Crippen molar-refractivity contribution in [3.8, 4) is 0 Å². The van der Waals surface area contributed by atoms with Gasteiger partial charge in [0.15, 0.2) is 0 Å². The lowest BCUT2D eigenvalue weighted by Crippen LogP contribution is -2.15. The molecule has 3 N–H and O–H groups in total. The van der Waals surface area contributed by atoms with Crippen LogP contribution in [0.1, 0.15) is 6.42 Å². The number of carbonyl (C=O) groups is 2. The molecule has 0 saturated heterocycles. The van der Waals surface area contributed by atoms with Crippen LogP contribution in [-0.2, 0) is 9.59 Å². The van der Waals surface area contributed by atoms with E-state index in [1.807, 2.05) is 30.3 Å². The summed E-state index contributed by atoms with van der Waals surface area (Å²) in [5.74, 6) is 0.510. The molecular formula is C11H14N2O2S. The second kappa shape index (κ2) is 6.90. The number of nitrogens with one attached hydrogen (secondary N) is 1. The molecule has 0 bridgehead atoms. The lowest BCUT2D eigenvalue weighted by atomic mass is 10.3. The van der Waals surface area contributed by atoms with Crippen LogP contribution in [-0.4, -0.2) is 23.3 Å². The number of hydrogen-bond donors (Lipinski definition) is 2. The highest BCUT2D eigenvalue weighted by Crippen LogP contribution is 2.07. The summed E-state index contributed by atoms with van der Waals surface area (Å²) in [4.78, 5) is 21.9. The zero-order valence-corrected chi connectivity index (χ0v) is 9.63. The number of benzene rings is 1. The van der Waals surface area contributed by atoms with E-state index >= 15 is 0 Å². The van der Waals surface area contributed by atoms with E-state index in [9.17, 15) is 9.59 Å². The van der Waals surface area contributed by atoms with Gasteiger partial charge in [-0.2, -0.15) is 11.8 Å². The van der Waals surface area contributed by atoms with Crippen molar-refractivity contribution in [3.63, 3.8) is 0 Å². The van der Waals surface area contributed by atoms with Gasteiger partial charge in [0.1, 0.15) is 0 Å². The largest absolute Gasteiger partial charge is 0.370 e. The Hall–Kier alpha value is -1.49. The number of carbonyl (C=O) groups excluding carboxylic acids is 2. The number of anilines is 1. The van der Waals surface area contributed by atoms with Gasteiger partial charge in [-0.1, -0.05) is 18.2 Å². The normalized spacial score (nSPS) is 9.75. The summed E-state index contributed by atoms with van der Waals surface area (Å²) < 4.78 is 0. The molecule has 0 aliphatic carbocycles. The van der Waals surface area contributed by atoms with Gasteiger partial charge in [-0.05, 0) is 12.1 Å². The van der Waals surface area contributed by atoms with Crippen molar-refractivity contribution in [1.82, 2.24) is 0 Å². The molecular weight excluding hydrogens is 224 g/mol. The Bertz CT molecular complexity index is 354. The molecule has 0 fully saturated rings. The molecule has 0 aromatic heterocycles. The molecule has 0 saturated carbocycles. The predicted molar refractivity (Wildman–Crippen MR) is 66.2 cm³/mol. The van der Waals surface area contributed by atoms with Gasteiger partial charge >= 0.3 is 0 Å². The highest BCUT2D eigenvalue weighted by molar-refractivity contribution is 7.99. The second-order valence-corrected chi connectivity index (χ2v) is 4.29. The molecule has 2 amide bonds. The number of amides is 2. The van der Waals surface area contributed by atoms with E-state index in [0.29, 0.717) is 17.9 Å². The van der Waals surface area contributed by atoms with Gasteiger partial charge in [0.2, 0.25) is 11.8 Å². The monoisotopic (exact) mass is 238 g/mol. The number of hydrogen-bond acceptors (Lipinski definition) is 3. The molecule has 0 unspecified atom stereocenters. The summed E-state index contributed by atoms with van der Waals surface area (Å²) in [5, 5.41) is 2.75. The Labute approximate surface area is 98.6 Å². The smallest absolute Gasteiger partial charge is 0.234 e. The quantitative estimate of drug-likeness (QED) is 0.732. The Balaban J connectivity index is 2.19. The van der Waals surface area contributed by atoms with E-state index in [1.165, 1.54) is 11.8 Å². The number of nitrogens with two attached hydrogens (primary N) is 1. The number of rotatable bonds is 6. The van der Waals surface area contributed by atoms with Crippen molar-refractivity contribution < 1.29 is 9.59 Å². The molecule has 0 aliphatic heterocycles. The summed E-state index contributed by atoms with van der Waals surface area (Å²) >= 11 is 1.40. The molecule has 0 atom stereocenters. The summed E-state index contributed by atoms with van der Waals surface area (Å²) in [6.45, 7) is 0. The molecule has 86 valence electrons. The third-order valence-corrected chi connectivity index (χ3v) is 2.74. The first-order valence-electron chi connectivity index (χ1n) is 4.89. The van der Waals surface area contributed by atoms with Crippen molar-refractivity contribution in [1.29, 1.82) is 0 Å². The van der Waals surface area contributed by atoms with Crippen LogP contribution < -0.4 is 11.1 Å². The fraction of sp³-hybridized carbons (Fsp3) is 0.273. The van der Waals surface area contributed by atoms with Crippen LogP contribution in [0.3, 0.4) is 0 Å². The van der Waals surface area contributed by atoms with Gasteiger partial charge in [0.05, 0.1) is 5.75 Å². The lowest BCUT2D eigenvalue weighted by Gasteiger charge is -2.03. The average Bonchev–Trinajstić information content (AvgIpc) is 2.25. The summed E-state index contributed by atoms with van der Waals surface area (Å²) in [5.41, 5.74) is 5.76. The molecule has 5 heteroatoms. The third kappa shape index (κ3) is 5.41. The van der Waals surface area contributed by atoms with Crippen molar-refractivity contribution in [3.05, 3.63) is 30.3 Å². The van der Waals surface area contributed by atoms with E-state index in [-0.39, 0.29) is 11.8 Å². The third-order valence-electron chi connectivity index (χ3n) is 1.78. The van der Waals surface area contributed by atoms with Crippen molar-refractivity contribution in [2.75, 3.05) is 16.8 Å². The Morgan fingerprint density at radius 2 is 1.94 bits per heavy atom. The number of primary amides is 1. The first kappa shape index (κ1) is 12.6. The van der Waals surface area contributed by atoms with Crippen LogP contribution in [0.2, 0.25) is 0 Å². The highest BCUT2D eigenvalue weighted by atomic mass is 32.2.